The maximum atomic E-state index is 10.9. The minimum Gasteiger partial charge on any atom is -0.298 e. The summed E-state index contributed by atoms with van der Waals surface area (Å²) >= 11 is 5.91. The summed E-state index contributed by atoms with van der Waals surface area (Å²) < 4.78 is 1.64. The van der Waals surface area contributed by atoms with E-state index in [1.807, 2.05) is 19.1 Å². The van der Waals surface area contributed by atoms with Gasteiger partial charge in [0.2, 0.25) is 0 Å². The number of hydrogen-bond acceptors (Lipinski definition) is 2. The molecule has 0 saturated heterocycles. The molecule has 0 fully saturated rings. The molecule has 0 aliphatic carbocycles. The number of aryl methyl sites for hydroxylation is 1. The van der Waals surface area contributed by atoms with Gasteiger partial charge in [0.05, 0.1) is 22.0 Å². The van der Waals surface area contributed by atoms with Gasteiger partial charge < -0.3 is 0 Å². The Morgan fingerprint density at radius 1 is 1.40 bits per heavy atom. The van der Waals surface area contributed by atoms with Crippen molar-refractivity contribution < 1.29 is 4.79 Å². The molecule has 0 aliphatic rings. The summed E-state index contributed by atoms with van der Waals surface area (Å²) in [4.78, 5) is 10.9. The van der Waals surface area contributed by atoms with Crippen molar-refractivity contribution >= 4 is 17.9 Å². The van der Waals surface area contributed by atoms with E-state index in [0.717, 1.165) is 12.0 Å². The van der Waals surface area contributed by atoms with Crippen LogP contribution in [-0.4, -0.2) is 16.1 Å². The second-order valence-corrected chi connectivity index (χ2v) is 3.60. The molecule has 0 bridgehead atoms. The zero-order chi connectivity index (χ0) is 10.8. The second kappa shape index (κ2) is 3.87. The van der Waals surface area contributed by atoms with Gasteiger partial charge in [0, 0.05) is 6.20 Å². The topological polar surface area (TPSA) is 34.9 Å². The molecule has 4 heteroatoms. The lowest BCUT2D eigenvalue weighted by atomic mass is 10.2. The van der Waals surface area contributed by atoms with Crippen molar-refractivity contribution in [3.63, 3.8) is 0 Å². The van der Waals surface area contributed by atoms with E-state index in [1.54, 1.807) is 23.0 Å². The smallest absolute Gasteiger partial charge is 0.153 e. The van der Waals surface area contributed by atoms with Gasteiger partial charge >= 0.3 is 0 Å². The molecule has 0 amide bonds. The summed E-state index contributed by atoms with van der Waals surface area (Å²) in [6.07, 6.45) is 2.54. The van der Waals surface area contributed by atoms with Crippen LogP contribution in [0.4, 0.5) is 0 Å². The minimum atomic E-state index is 0.440. The Morgan fingerprint density at radius 3 is 2.80 bits per heavy atom. The van der Waals surface area contributed by atoms with Crippen LogP contribution in [0.25, 0.3) is 5.69 Å². The van der Waals surface area contributed by atoms with Crippen LogP contribution < -0.4 is 0 Å². The summed E-state index contributed by atoms with van der Waals surface area (Å²) in [6, 6.07) is 7.16. The standard InChI is InChI=1S/C11H9ClN2O/c1-8-5-6-14(13-8)11-4-2-3-10(12)9(11)7-15/h2-7H,1H3. The van der Waals surface area contributed by atoms with Crippen LogP contribution in [-0.2, 0) is 0 Å². The zero-order valence-electron chi connectivity index (χ0n) is 8.14. The van der Waals surface area contributed by atoms with Crippen molar-refractivity contribution in [1.29, 1.82) is 0 Å². The van der Waals surface area contributed by atoms with Gasteiger partial charge in [-0.1, -0.05) is 17.7 Å². The van der Waals surface area contributed by atoms with Gasteiger partial charge in [0.25, 0.3) is 0 Å². The number of halogens is 1. The minimum absolute atomic E-state index is 0.440. The third kappa shape index (κ3) is 1.78. The van der Waals surface area contributed by atoms with Crippen LogP contribution in [0.1, 0.15) is 16.1 Å². The van der Waals surface area contributed by atoms with E-state index >= 15 is 0 Å². The fourth-order valence-electron chi connectivity index (χ4n) is 1.39. The zero-order valence-corrected chi connectivity index (χ0v) is 8.90. The van der Waals surface area contributed by atoms with Crippen LogP contribution in [0.5, 0.6) is 0 Å². The third-order valence-corrected chi connectivity index (χ3v) is 2.45. The Kier molecular flexibility index (Phi) is 2.56. The second-order valence-electron chi connectivity index (χ2n) is 3.19. The van der Waals surface area contributed by atoms with Gasteiger partial charge in [-0.3, -0.25) is 4.79 Å². The van der Waals surface area contributed by atoms with Crippen LogP contribution in [0.3, 0.4) is 0 Å². The average molecular weight is 221 g/mol. The first kappa shape index (κ1) is 9.93. The molecular weight excluding hydrogens is 212 g/mol. The quantitative estimate of drug-likeness (QED) is 0.730. The normalized spacial score (nSPS) is 10.3. The molecule has 0 radical (unpaired) electrons. The average Bonchev–Trinajstić information content (AvgIpc) is 2.64. The number of nitrogens with zero attached hydrogens (tertiary/aromatic N) is 2. The van der Waals surface area contributed by atoms with Gasteiger partial charge in [-0.05, 0) is 25.1 Å². The summed E-state index contributed by atoms with van der Waals surface area (Å²) in [7, 11) is 0. The van der Waals surface area contributed by atoms with Gasteiger partial charge in [-0.25, -0.2) is 4.68 Å². The molecule has 1 aromatic heterocycles. The molecule has 1 heterocycles. The monoisotopic (exact) mass is 220 g/mol. The first-order chi connectivity index (χ1) is 7.22. The number of carbonyl (C=O) groups excluding carboxylic acids is 1. The van der Waals surface area contributed by atoms with Gasteiger partial charge in [0.15, 0.2) is 6.29 Å². The summed E-state index contributed by atoms with van der Waals surface area (Å²) in [5, 5.41) is 4.67. The molecule has 15 heavy (non-hydrogen) atoms. The van der Waals surface area contributed by atoms with E-state index in [0.29, 0.717) is 16.3 Å². The Bertz CT molecular complexity index is 505. The van der Waals surface area contributed by atoms with Crippen molar-refractivity contribution in [2.45, 2.75) is 6.92 Å². The SMILES string of the molecule is Cc1ccn(-c2cccc(Cl)c2C=O)n1. The van der Waals surface area contributed by atoms with E-state index in [9.17, 15) is 4.79 Å². The lowest BCUT2D eigenvalue weighted by Crippen LogP contribution is -2.00. The molecule has 2 aromatic rings. The van der Waals surface area contributed by atoms with E-state index in [1.165, 1.54) is 0 Å². The predicted molar refractivity (Wildman–Crippen MR) is 58.7 cm³/mol. The van der Waals surface area contributed by atoms with E-state index in [-0.39, 0.29) is 0 Å². The van der Waals surface area contributed by atoms with Crippen molar-refractivity contribution in [2.24, 2.45) is 0 Å². The molecule has 0 atom stereocenters. The van der Waals surface area contributed by atoms with Crippen LogP contribution in [0, 0.1) is 6.92 Å². The summed E-state index contributed by atoms with van der Waals surface area (Å²) in [5.41, 5.74) is 2.06. The predicted octanol–water partition coefficient (Wildman–Crippen LogP) is 2.65. The van der Waals surface area contributed by atoms with Crippen molar-refractivity contribution in [3.05, 3.63) is 46.7 Å². The Labute approximate surface area is 92.3 Å². The molecule has 0 saturated carbocycles. The van der Waals surface area contributed by atoms with Gasteiger partial charge in [0.1, 0.15) is 0 Å². The highest BCUT2D eigenvalue weighted by Crippen LogP contribution is 2.20. The van der Waals surface area contributed by atoms with Gasteiger partial charge in [-0.15, -0.1) is 0 Å². The Balaban J connectivity index is 2.62. The number of benzene rings is 1. The molecule has 0 N–H and O–H groups in total. The highest BCUT2D eigenvalue weighted by molar-refractivity contribution is 6.33. The maximum absolute atomic E-state index is 10.9. The fraction of sp³-hybridized carbons (Fsp3) is 0.0909. The lowest BCUT2D eigenvalue weighted by Gasteiger charge is -2.05. The number of aromatic nitrogens is 2. The molecule has 0 aliphatic heterocycles. The largest absolute Gasteiger partial charge is 0.298 e. The fourth-order valence-corrected chi connectivity index (χ4v) is 1.61. The van der Waals surface area contributed by atoms with Crippen LogP contribution >= 0.6 is 11.6 Å². The molecule has 2 rings (SSSR count). The lowest BCUT2D eigenvalue weighted by molar-refractivity contribution is 0.112. The first-order valence-electron chi connectivity index (χ1n) is 4.48. The van der Waals surface area contributed by atoms with Crippen LogP contribution in [0.15, 0.2) is 30.5 Å². The van der Waals surface area contributed by atoms with E-state index in [2.05, 4.69) is 5.10 Å². The number of carbonyl (C=O) groups is 1. The Morgan fingerprint density at radius 2 is 2.20 bits per heavy atom. The molecule has 0 unspecified atom stereocenters. The molecule has 1 aromatic carbocycles. The number of hydrogen-bond donors (Lipinski definition) is 0. The van der Waals surface area contributed by atoms with E-state index < -0.39 is 0 Å². The van der Waals surface area contributed by atoms with E-state index in [4.69, 9.17) is 11.6 Å². The maximum Gasteiger partial charge on any atom is 0.153 e. The van der Waals surface area contributed by atoms with Gasteiger partial charge in [-0.2, -0.15) is 5.10 Å². The van der Waals surface area contributed by atoms with Crippen molar-refractivity contribution in [1.82, 2.24) is 9.78 Å². The van der Waals surface area contributed by atoms with Crippen LogP contribution in [0.2, 0.25) is 5.02 Å². The number of rotatable bonds is 2. The third-order valence-electron chi connectivity index (χ3n) is 2.12. The molecule has 76 valence electrons. The Hall–Kier alpha value is -1.61. The highest BCUT2D eigenvalue weighted by Gasteiger charge is 2.08. The molecule has 0 spiro atoms. The first-order valence-corrected chi connectivity index (χ1v) is 4.86. The molecular formula is C11H9ClN2O. The summed E-state index contributed by atoms with van der Waals surface area (Å²) in [5.74, 6) is 0. The highest BCUT2D eigenvalue weighted by atomic mass is 35.5. The summed E-state index contributed by atoms with van der Waals surface area (Å²) in [6.45, 7) is 1.89. The van der Waals surface area contributed by atoms with Crippen molar-refractivity contribution in [3.8, 4) is 5.69 Å². The van der Waals surface area contributed by atoms with Crippen molar-refractivity contribution in [2.75, 3.05) is 0 Å². The molecule has 3 nitrogen and oxygen atoms in total. The number of aldehydes is 1.